The third kappa shape index (κ3) is 1.43. The van der Waals surface area contributed by atoms with Crippen molar-refractivity contribution in [2.24, 2.45) is 5.73 Å². The van der Waals surface area contributed by atoms with Gasteiger partial charge in [-0.1, -0.05) is 6.08 Å². The van der Waals surface area contributed by atoms with Gasteiger partial charge in [-0.3, -0.25) is 0 Å². The molecule has 0 fully saturated rings. The molecule has 0 amide bonds. The summed E-state index contributed by atoms with van der Waals surface area (Å²) in [5.74, 6) is 0. The van der Waals surface area contributed by atoms with Gasteiger partial charge in [-0.25, -0.2) is 4.98 Å². The van der Waals surface area contributed by atoms with E-state index in [1.165, 1.54) is 0 Å². The van der Waals surface area contributed by atoms with Gasteiger partial charge in [0, 0.05) is 5.38 Å². The minimum Gasteiger partial charge on any atom is -0.319 e. The van der Waals surface area contributed by atoms with Gasteiger partial charge in [0.15, 0.2) is 0 Å². The summed E-state index contributed by atoms with van der Waals surface area (Å²) in [5.41, 5.74) is 6.55. The van der Waals surface area contributed by atoms with Crippen LogP contribution in [-0.4, -0.2) is 4.98 Å². The van der Waals surface area contributed by atoms with Crippen LogP contribution in [0.25, 0.3) is 0 Å². The molecular formula is C7H10N2S. The van der Waals surface area contributed by atoms with E-state index in [-0.39, 0.29) is 6.04 Å². The molecule has 2 nitrogen and oxygen atoms in total. The molecule has 0 spiro atoms. The van der Waals surface area contributed by atoms with E-state index >= 15 is 0 Å². The van der Waals surface area contributed by atoms with Crippen LogP contribution in [0.15, 0.2) is 18.0 Å². The summed E-state index contributed by atoms with van der Waals surface area (Å²) in [5, 5.41) is 3.01. The van der Waals surface area contributed by atoms with Gasteiger partial charge in [0.2, 0.25) is 0 Å². The molecule has 1 rings (SSSR count). The maximum atomic E-state index is 5.63. The average Bonchev–Trinajstić information content (AvgIpc) is 2.34. The number of hydrogen-bond donors (Lipinski definition) is 1. The summed E-state index contributed by atoms with van der Waals surface area (Å²) < 4.78 is 0. The predicted molar refractivity (Wildman–Crippen MR) is 44.0 cm³/mol. The van der Waals surface area contributed by atoms with Crippen molar-refractivity contribution in [1.29, 1.82) is 0 Å². The Kier molecular flexibility index (Phi) is 2.19. The third-order valence-corrected chi connectivity index (χ3v) is 2.02. The van der Waals surface area contributed by atoms with Crippen LogP contribution in [-0.2, 0) is 0 Å². The van der Waals surface area contributed by atoms with Gasteiger partial charge >= 0.3 is 0 Å². The Morgan fingerprint density at radius 2 is 2.60 bits per heavy atom. The van der Waals surface area contributed by atoms with Crippen molar-refractivity contribution in [3.63, 3.8) is 0 Å². The minimum absolute atomic E-state index is 0.107. The zero-order valence-corrected chi connectivity index (χ0v) is 6.69. The highest BCUT2D eigenvalue weighted by Crippen LogP contribution is 2.14. The van der Waals surface area contributed by atoms with Crippen LogP contribution in [0.2, 0.25) is 0 Å². The molecule has 0 aliphatic rings. The Hall–Kier alpha value is -0.670. The smallest absolute Gasteiger partial charge is 0.0898 e. The molecule has 2 N–H and O–H groups in total. The van der Waals surface area contributed by atoms with Crippen molar-refractivity contribution in [2.45, 2.75) is 13.0 Å². The lowest BCUT2D eigenvalue weighted by Gasteiger charge is -1.98. The van der Waals surface area contributed by atoms with E-state index in [1.807, 2.05) is 12.3 Å². The molecule has 0 aliphatic carbocycles. The second-order valence-corrected chi connectivity index (χ2v) is 3.12. The summed E-state index contributed by atoms with van der Waals surface area (Å²) in [6.45, 7) is 5.55. The standard InChI is InChI=1S/C7H10N2S/c1-3-6(8)7-4-10-5(2)9-7/h3-4,6H,1,8H2,2H3. The fourth-order valence-electron chi connectivity index (χ4n) is 0.654. The Bertz CT molecular complexity index is 229. The lowest BCUT2D eigenvalue weighted by atomic mass is 10.2. The molecule has 1 heterocycles. The number of aromatic nitrogens is 1. The molecule has 1 atom stereocenters. The van der Waals surface area contributed by atoms with Crippen molar-refractivity contribution in [2.75, 3.05) is 0 Å². The summed E-state index contributed by atoms with van der Waals surface area (Å²) in [4.78, 5) is 4.20. The highest BCUT2D eigenvalue weighted by Gasteiger charge is 2.03. The summed E-state index contributed by atoms with van der Waals surface area (Å²) in [6, 6.07) is -0.107. The van der Waals surface area contributed by atoms with Gasteiger partial charge in [0.25, 0.3) is 0 Å². The van der Waals surface area contributed by atoms with Crippen LogP contribution in [0, 0.1) is 6.92 Å². The minimum atomic E-state index is -0.107. The van der Waals surface area contributed by atoms with Gasteiger partial charge in [-0.05, 0) is 6.92 Å². The van der Waals surface area contributed by atoms with Crippen LogP contribution < -0.4 is 5.73 Å². The normalized spacial score (nSPS) is 13.0. The van der Waals surface area contributed by atoms with Crippen molar-refractivity contribution in [3.05, 3.63) is 28.7 Å². The van der Waals surface area contributed by atoms with Crippen molar-refractivity contribution in [1.82, 2.24) is 4.98 Å². The van der Waals surface area contributed by atoms with Crippen LogP contribution in [0.3, 0.4) is 0 Å². The molecule has 0 aliphatic heterocycles. The molecule has 1 aromatic heterocycles. The molecule has 0 saturated heterocycles. The number of nitrogens with two attached hydrogens (primary N) is 1. The second-order valence-electron chi connectivity index (χ2n) is 2.05. The monoisotopic (exact) mass is 154 g/mol. The molecule has 0 saturated carbocycles. The molecule has 10 heavy (non-hydrogen) atoms. The van der Waals surface area contributed by atoms with E-state index in [4.69, 9.17) is 5.73 Å². The van der Waals surface area contributed by atoms with E-state index in [1.54, 1.807) is 17.4 Å². The molecule has 0 radical (unpaired) electrons. The average molecular weight is 154 g/mol. The number of thiazole rings is 1. The lowest BCUT2D eigenvalue weighted by Crippen LogP contribution is -2.06. The third-order valence-electron chi connectivity index (χ3n) is 1.23. The maximum absolute atomic E-state index is 5.63. The van der Waals surface area contributed by atoms with Crippen molar-refractivity contribution in [3.8, 4) is 0 Å². The first-order valence-corrected chi connectivity index (χ1v) is 3.92. The molecule has 54 valence electrons. The maximum Gasteiger partial charge on any atom is 0.0898 e. The Morgan fingerprint density at radius 3 is 3.00 bits per heavy atom. The van der Waals surface area contributed by atoms with Crippen LogP contribution in [0.5, 0.6) is 0 Å². The van der Waals surface area contributed by atoms with Crippen LogP contribution in [0.1, 0.15) is 16.7 Å². The Balaban J connectivity index is 2.84. The molecular weight excluding hydrogens is 144 g/mol. The fraction of sp³-hybridized carbons (Fsp3) is 0.286. The van der Waals surface area contributed by atoms with Gasteiger partial charge in [0.1, 0.15) is 0 Å². The molecule has 3 heteroatoms. The summed E-state index contributed by atoms with van der Waals surface area (Å²) in [6.07, 6.45) is 1.69. The predicted octanol–water partition coefficient (Wildman–Crippen LogP) is 1.64. The number of aryl methyl sites for hydroxylation is 1. The largest absolute Gasteiger partial charge is 0.319 e. The SMILES string of the molecule is C=CC(N)c1csc(C)n1. The fourth-order valence-corrected chi connectivity index (χ4v) is 1.31. The molecule has 0 bridgehead atoms. The van der Waals surface area contributed by atoms with E-state index < -0.39 is 0 Å². The van der Waals surface area contributed by atoms with Gasteiger partial charge in [-0.15, -0.1) is 17.9 Å². The lowest BCUT2D eigenvalue weighted by molar-refractivity contribution is 0.871. The zero-order chi connectivity index (χ0) is 7.56. The van der Waals surface area contributed by atoms with Crippen molar-refractivity contribution >= 4 is 11.3 Å². The first-order chi connectivity index (χ1) is 4.74. The summed E-state index contributed by atoms with van der Waals surface area (Å²) in [7, 11) is 0. The molecule has 1 aromatic rings. The quantitative estimate of drug-likeness (QED) is 0.658. The second kappa shape index (κ2) is 2.94. The highest BCUT2D eigenvalue weighted by molar-refractivity contribution is 7.09. The first-order valence-electron chi connectivity index (χ1n) is 3.04. The highest BCUT2D eigenvalue weighted by atomic mass is 32.1. The van der Waals surface area contributed by atoms with E-state index in [0.717, 1.165) is 10.7 Å². The van der Waals surface area contributed by atoms with E-state index in [9.17, 15) is 0 Å². The molecule has 0 aromatic carbocycles. The van der Waals surface area contributed by atoms with Gasteiger partial charge in [-0.2, -0.15) is 0 Å². The van der Waals surface area contributed by atoms with Gasteiger partial charge < -0.3 is 5.73 Å². The number of nitrogens with zero attached hydrogens (tertiary/aromatic N) is 1. The van der Waals surface area contributed by atoms with E-state index in [2.05, 4.69) is 11.6 Å². The number of hydrogen-bond acceptors (Lipinski definition) is 3. The first kappa shape index (κ1) is 7.44. The molecule has 1 unspecified atom stereocenters. The number of rotatable bonds is 2. The van der Waals surface area contributed by atoms with Crippen LogP contribution in [0.4, 0.5) is 0 Å². The topological polar surface area (TPSA) is 38.9 Å². The Labute approximate surface area is 64.4 Å². The van der Waals surface area contributed by atoms with Gasteiger partial charge in [0.05, 0.1) is 16.7 Å². The Morgan fingerprint density at radius 1 is 1.90 bits per heavy atom. The summed E-state index contributed by atoms with van der Waals surface area (Å²) >= 11 is 1.61. The van der Waals surface area contributed by atoms with Crippen LogP contribution >= 0.6 is 11.3 Å². The van der Waals surface area contributed by atoms with E-state index in [0.29, 0.717) is 0 Å². The van der Waals surface area contributed by atoms with Crippen molar-refractivity contribution < 1.29 is 0 Å². The zero-order valence-electron chi connectivity index (χ0n) is 5.87.